The van der Waals surface area contributed by atoms with Gasteiger partial charge in [-0.25, -0.2) is 4.39 Å². The topological polar surface area (TPSA) is 48.1 Å². The van der Waals surface area contributed by atoms with Crippen molar-refractivity contribution in [2.24, 2.45) is 5.73 Å². The molecule has 0 aliphatic carbocycles. The Kier molecular flexibility index (Phi) is 4.12. The first-order chi connectivity index (χ1) is 8.70. The standard InChI is InChI=1S/C13H12ClFN2O/c14-11-7-10(15)1-2-12(11)18-13(8-16)9-3-5-17-6-4-9/h1-7,13H,8,16H2. The number of halogens is 2. The molecule has 0 bridgehead atoms. The summed E-state index contributed by atoms with van der Waals surface area (Å²) < 4.78 is 18.6. The molecule has 1 aromatic carbocycles. The van der Waals surface area contributed by atoms with Crippen LogP contribution in [0.2, 0.25) is 5.02 Å². The summed E-state index contributed by atoms with van der Waals surface area (Å²) in [7, 11) is 0. The Morgan fingerprint density at radius 1 is 1.28 bits per heavy atom. The molecule has 1 unspecified atom stereocenters. The highest BCUT2D eigenvalue weighted by molar-refractivity contribution is 6.32. The molecule has 0 saturated heterocycles. The van der Waals surface area contributed by atoms with Gasteiger partial charge in [-0.05, 0) is 35.9 Å². The third-order valence-corrected chi connectivity index (χ3v) is 2.75. The van der Waals surface area contributed by atoms with Crippen LogP contribution in [0.4, 0.5) is 4.39 Å². The van der Waals surface area contributed by atoms with Gasteiger partial charge in [-0.3, -0.25) is 4.98 Å². The highest BCUT2D eigenvalue weighted by Crippen LogP contribution is 2.29. The third-order valence-electron chi connectivity index (χ3n) is 2.46. The van der Waals surface area contributed by atoms with Gasteiger partial charge >= 0.3 is 0 Å². The lowest BCUT2D eigenvalue weighted by Crippen LogP contribution is -2.18. The first kappa shape index (κ1) is 12.8. The van der Waals surface area contributed by atoms with Crippen LogP contribution in [0.1, 0.15) is 11.7 Å². The highest BCUT2D eigenvalue weighted by atomic mass is 35.5. The van der Waals surface area contributed by atoms with E-state index in [4.69, 9.17) is 22.1 Å². The van der Waals surface area contributed by atoms with Crippen LogP contribution in [0.15, 0.2) is 42.7 Å². The molecule has 3 nitrogen and oxygen atoms in total. The van der Waals surface area contributed by atoms with Crippen LogP contribution in [-0.2, 0) is 0 Å². The van der Waals surface area contributed by atoms with E-state index in [1.165, 1.54) is 18.2 Å². The average Bonchev–Trinajstić information content (AvgIpc) is 2.39. The second-order valence-electron chi connectivity index (χ2n) is 3.70. The Bertz CT molecular complexity index is 522. The molecule has 0 aliphatic rings. The average molecular weight is 267 g/mol. The number of benzene rings is 1. The van der Waals surface area contributed by atoms with Gasteiger partial charge in [0.1, 0.15) is 17.7 Å². The molecule has 0 saturated carbocycles. The molecule has 0 aliphatic heterocycles. The molecule has 18 heavy (non-hydrogen) atoms. The molecular weight excluding hydrogens is 255 g/mol. The molecule has 5 heteroatoms. The number of hydrogen-bond acceptors (Lipinski definition) is 3. The van der Waals surface area contributed by atoms with Gasteiger partial charge in [0.05, 0.1) is 5.02 Å². The smallest absolute Gasteiger partial charge is 0.139 e. The lowest BCUT2D eigenvalue weighted by Gasteiger charge is -2.18. The van der Waals surface area contributed by atoms with Crippen molar-refractivity contribution in [1.29, 1.82) is 0 Å². The van der Waals surface area contributed by atoms with Gasteiger partial charge in [0.25, 0.3) is 0 Å². The van der Waals surface area contributed by atoms with Crippen molar-refractivity contribution >= 4 is 11.6 Å². The Morgan fingerprint density at radius 2 is 2.00 bits per heavy atom. The van der Waals surface area contributed by atoms with Crippen LogP contribution < -0.4 is 10.5 Å². The summed E-state index contributed by atoms with van der Waals surface area (Å²) in [6.45, 7) is 0.289. The third kappa shape index (κ3) is 2.97. The summed E-state index contributed by atoms with van der Waals surface area (Å²) in [5.74, 6) is 0.00545. The fraction of sp³-hybridized carbons (Fsp3) is 0.154. The minimum Gasteiger partial charge on any atom is -0.483 e. The van der Waals surface area contributed by atoms with Gasteiger partial charge in [-0.1, -0.05) is 11.6 Å². The lowest BCUT2D eigenvalue weighted by atomic mass is 10.1. The van der Waals surface area contributed by atoms with Crippen molar-refractivity contribution in [2.45, 2.75) is 6.10 Å². The minimum absolute atomic E-state index is 0.225. The quantitative estimate of drug-likeness (QED) is 0.926. The van der Waals surface area contributed by atoms with Crippen LogP contribution in [-0.4, -0.2) is 11.5 Å². The van der Waals surface area contributed by atoms with Gasteiger partial charge in [0, 0.05) is 18.9 Å². The van der Waals surface area contributed by atoms with Gasteiger partial charge in [0.2, 0.25) is 0 Å². The van der Waals surface area contributed by atoms with E-state index in [-0.39, 0.29) is 17.7 Å². The second-order valence-corrected chi connectivity index (χ2v) is 4.10. The number of nitrogens with two attached hydrogens (primary N) is 1. The first-order valence-electron chi connectivity index (χ1n) is 5.42. The van der Waals surface area contributed by atoms with E-state index in [9.17, 15) is 4.39 Å². The lowest BCUT2D eigenvalue weighted by molar-refractivity contribution is 0.214. The van der Waals surface area contributed by atoms with E-state index < -0.39 is 5.82 Å². The molecule has 1 heterocycles. The summed E-state index contributed by atoms with van der Waals surface area (Å²) in [4.78, 5) is 3.93. The maximum atomic E-state index is 12.9. The maximum Gasteiger partial charge on any atom is 0.139 e. The van der Waals surface area contributed by atoms with Crippen LogP contribution in [0.3, 0.4) is 0 Å². The van der Waals surface area contributed by atoms with E-state index in [2.05, 4.69) is 4.98 Å². The van der Waals surface area contributed by atoms with E-state index in [0.717, 1.165) is 5.56 Å². The molecule has 2 aromatic rings. The summed E-state index contributed by atoms with van der Waals surface area (Å²) in [5.41, 5.74) is 6.57. The Balaban J connectivity index is 2.21. The fourth-order valence-electron chi connectivity index (χ4n) is 1.55. The summed E-state index contributed by atoms with van der Waals surface area (Å²) in [5, 5.41) is 0.225. The normalized spacial score (nSPS) is 12.2. The Hall–Kier alpha value is -1.65. The molecular formula is C13H12ClFN2O. The van der Waals surface area contributed by atoms with Crippen molar-refractivity contribution in [1.82, 2.24) is 4.98 Å². The number of hydrogen-bond donors (Lipinski definition) is 1. The largest absolute Gasteiger partial charge is 0.483 e. The maximum absolute atomic E-state index is 12.9. The monoisotopic (exact) mass is 266 g/mol. The van der Waals surface area contributed by atoms with Crippen LogP contribution in [0.25, 0.3) is 0 Å². The molecule has 2 N–H and O–H groups in total. The number of rotatable bonds is 4. The fourth-order valence-corrected chi connectivity index (χ4v) is 1.77. The van der Waals surface area contributed by atoms with E-state index in [1.807, 2.05) is 12.1 Å². The number of pyridine rings is 1. The van der Waals surface area contributed by atoms with Crippen molar-refractivity contribution < 1.29 is 9.13 Å². The SMILES string of the molecule is NCC(Oc1ccc(F)cc1Cl)c1ccncc1. The van der Waals surface area contributed by atoms with E-state index >= 15 is 0 Å². The number of aromatic nitrogens is 1. The highest BCUT2D eigenvalue weighted by Gasteiger charge is 2.13. The zero-order valence-corrected chi connectivity index (χ0v) is 10.3. The van der Waals surface area contributed by atoms with Crippen LogP contribution >= 0.6 is 11.6 Å². The molecule has 0 amide bonds. The molecule has 94 valence electrons. The predicted octanol–water partition coefficient (Wildman–Crippen LogP) is 2.95. The van der Waals surface area contributed by atoms with Gasteiger partial charge in [-0.2, -0.15) is 0 Å². The molecule has 1 atom stereocenters. The van der Waals surface area contributed by atoms with E-state index in [0.29, 0.717) is 5.75 Å². The Labute approximate surface area is 109 Å². The van der Waals surface area contributed by atoms with Crippen molar-refractivity contribution in [3.63, 3.8) is 0 Å². The molecule has 0 radical (unpaired) electrons. The Morgan fingerprint density at radius 3 is 2.61 bits per heavy atom. The summed E-state index contributed by atoms with van der Waals surface area (Å²) in [6, 6.07) is 7.61. The van der Waals surface area contributed by atoms with Crippen LogP contribution in [0, 0.1) is 5.82 Å². The second kappa shape index (κ2) is 5.80. The first-order valence-corrected chi connectivity index (χ1v) is 5.80. The molecule has 0 spiro atoms. The van der Waals surface area contributed by atoms with E-state index in [1.54, 1.807) is 12.4 Å². The van der Waals surface area contributed by atoms with Crippen molar-refractivity contribution in [2.75, 3.05) is 6.54 Å². The number of nitrogens with zero attached hydrogens (tertiary/aromatic N) is 1. The van der Waals surface area contributed by atoms with Crippen molar-refractivity contribution in [3.05, 3.63) is 59.1 Å². The van der Waals surface area contributed by atoms with Gasteiger partial charge in [-0.15, -0.1) is 0 Å². The molecule has 1 aromatic heterocycles. The summed E-state index contributed by atoms with van der Waals surface area (Å²) in [6.07, 6.45) is 2.98. The van der Waals surface area contributed by atoms with Crippen LogP contribution in [0.5, 0.6) is 5.75 Å². The summed E-state index contributed by atoms with van der Waals surface area (Å²) >= 11 is 5.90. The van der Waals surface area contributed by atoms with Gasteiger partial charge < -0.3 is 10.5 Å². The van der Waals surface area contributed by atoms with Gasteiger partial charge in [0.15, 0.2) is 0 Å². The molecule has 2 rings (SSSR count). The zero-order valence-electron chi connectivity index (χ0n) is 9.51. The zero-order chi connectivity index (χ0) is 13.0. The molecule has 0 fully saturated rings. The predicted molar refractivity (Wildman–Crippen MR) is 68.1 cm³/mol. The number of ether oxygens (including phenoxy) is 1. The minimum atomic E-state index is -0.402. The van der Waals surface area contributed by atoms with Crippen molar-refractivity contribution in [3.8, 4) is 5.75 Å².